The number of hydrogen-bond acceptors (Lipinski definition) is 5. The summed E-state index contributed by atoms with van der Waals surface area (Å²) in [6.07, 6.45) is -1.11. The Bertz CT molecular complexity index is 609. The molecule has 0 saturated carbocycles. The van der Waals surface area contributed by atoms with Gasteiger partial charge in [-0.15, -0.1) is 0 Å². The van der Waals surface area contributed by atoms with Crippen molar-refractivity contribution in [1.82, 2.24) is 4.81 Å². The first-order chi connectivity index (χ1) is 10.1. The third-order valence-corrected chi connectivity index (χ3v) is 4.60. The Morgan fingerprint density at radius 1 is 1.32 bits per heavy atom. The highest BCUT2D eigenvalue weighted by Crippen LogP contribution is 2.36. The van der Waals surface area contributed by atoms with E-state index < -0.39 is 34.8 Å². The Kier molecular flexibility index (Phi) is 4.86. The van der Waals surface area contributed by atoms with Crippen LogP contribution < -0.4 is 0 Å². The monoisotopic (exact) mass is 337 g/mol. The van der Waals surface area contributed by atoms with Crippen LogP contribution in [0.1, 0.15) is 18.0 Å². The molecule has 1 aliphatic rings. The summed E-state index contributed by atoms with van der Waals surface area (Å²) in [5.41, 5.74) is -4.67. The van der Waals surface area contributed by atoms with Gasteiger partial charge in [-0.3, -0.25) is 4.18 Å². The zero-order valence-electron chi connectivity index (χ0n) is 11.7. The molecule has 0 spiro atoms. The normalized spacial score (nSPS) is 23.7. The number of rotatable bonds is 4. The molecule has 2 atom stereocenters. The van der Waals surface area contributed by atoms with Crippen LogP contribution in [0.3, 0.4) is 0 Å². The number of benzene rings is 1. The van der Waals surface area contributed by atoms with Crippen molar-refractivity contribution < 1.29 is 30.8 Å². The Morgan fingerprint density at radius 3 is 2.41 bits per heavy atom. The molecule has 1 aromatic rings. The lowest BCUT2D eigenvalue weighted by Crippen LogP contribution is -2.38. The fraction of sp³-hybridized carbons (Fsp3) is 0.500. The average molecular weight is 337 g/mol. The Hall–Kier alpha value is -1.10. The largest absolute Gasteiger partial charge is 0.523 e. The highest BCUT2D eigenvalue weighted by atomic mass is 32.2. The fourth-order valence-electron chi connectivity index (χ4n) is 2.54. The Morgan fingerprint density at radius 2 is 1.91 bits per heavy atom. The molecule has 1 aliphatic heterocycles. The third-order valence-electron chi connectivity index (χ3n) is 3.51. The van der Waals surface area contributed by atoms with Crippen LogP contribution >= 0.6 is 0 Å². The van der Waals surface area contributed by atoms with E-state index in [-0.39, 0.29) is 13.0 Å². The molecule has 0 amide bonds. The maximum absolute atomic E-state index is 12.4. The first-order valence-corrected chi connectivity index (χ1v) is 8.01. The van der Waals surface area contributed by atoms with E-state index in [4.69, 9.17) is 0 Å². The van der Waals surface area contributed by atoms with Crippen LogP contribution in [-0.4, -0.2) is 43.5 Å². The molecule has 0 aromatic heterocycles. The first-order valence-electron chi connectivity index (χ1n) is 6.60. The SMILES string of the molecule is CB(O)N1CC(OS(=O)(=O)C(F)(F)F)C[C@H]1c1ccccc1. The zero-order chi connectivity index (χ0) is 16.5. The lowest BCUT2D eigenvalue weighted by molar-refractivity contribution is -0.0569. The van der Waals surface area contributed by atoms with Gasteiger partial charge in [0, 0.05) is 12.6 Å². The molecule has 0 radical (unpaired) electrons. The van der Waals surface area contributed by atoms with Gasteiger partial charge >= 0.3 is 22.7 Å². The van der Waals surface area contributed by atoms with E-state index in [2.05, 4.69) is 4.18 Å². The lowest BCUT2D eigenvalue weighted by Gasteiger charge is -2.25. The van der Waals surface area contributed by atoms with Gasteiger partial charge in [-0.1, -0.05) is 30.3 Å². The predicted octanol–water partition coefficient (Wildman–Crippen LogP) is 1.78. The Labute approximate surface area is 126 Å². The molecular weight excluding hydrogens is 322 g/mol. The van der Waals surface area contributed by atoms with Crippen molar-refractivity contribution in [2.24, 2.45) is 0 Å². The molecule has 5 nitrogen and oxygen atoms in total. The highest BCUT2D eigenvalue weighted by molar-refractivity contribution is 7.87. The summed E-state index contributed by atoms with van der Waals surface area (Å²) in [5.74, 6) is 0. The van der Waals surface area contributed by atoms with Crippen LogP contribution in [0.2, 0.25) is 6.82 Å². The van der Waals surface area contributed by atoms with E-state index in [1.54, 1.807) is 30.3 Å². The molecule has 1 saturated heterocycles. The van der Waals surface area contributed by atoms with Crippen molar-refractivity contribution in [3.63, 3.8) is 0 Å². The fourth-order valence-corrected chi connectivity index (χ4v) is 3.15. The highest BCUT2D eigenvalue weighted by Gasteiger charge is 2.50. The minimum absolute atomic E-state index is 0.0459. The lowest BCUT2D eigenvalue weighted by atomic mass is 9.83. The second-order valence-corrected chi connectivity index (χ2v) is 6.67. The summed E-state index contributed by atoms with van der Waals surface area (Å²) >= 11 is 0. The van der Waals surface area contributed by atoms with Crippen molar-refractivity contribution in [1.29, 1.82) is 0 Å². The predicted molar refractivity (Wildman–Crippen MR) is 74.2 cm³/mol. The van der Waals surface area contributed by atoms with Crippen molar-refractivity contribution in [2.45, 2.75) is 30.9 Å². The topological polar surface area (TPSA) is 66.8 Å². The van der Waals surface area contributed by atoms with E-state index in [1.165, 1.54) is 11.6 Å². The van der Waals surface area contributed by atoms with E-state index in [0.29, 0.717) is 0 Å². The van der Waals surface area contributed by atoms with Crippen LogP contribution in [0.5, 0.6) is 0 Å². The second-order valence-electron chi connectivity index (χ2n) is 5.11. The van der Waals surface area contributed by atoms with Gasteiger partial charge in [0.15, 0.2) is 0 Å². The molecule has 122 valence electrons. The Balaban J connectivity index is 2.18. The second kappa shape index (κ2) is 6.19. The van der Waals surface area contributed by atoms with Gasteiger partial charge in [0.2, 0.25) is 0 Å². The number of alkyl halides is 3. The molecule has 22 heavy (non-hydrogen) atoms. The summed E-state index contributed by atoms with van der Waals surface area (Å²) in [5, 5.41) is 9.76. The first kappa shape index (κ1) is 17.3. The van der Waals surface area contributed by atoms with Crippen LogP contribution in [0.25, 0.3) is 0 Å². The van der Waals surface area contributed by atoms with Crippen LogP contribution in [0.15, 0.2) is 30.3 Å². The third kappa shape index (κ3) is 3.62. The summed E-state index contributed by atoms with van der Waals surface area (Å²) < 4.78 is 63.6. The van der Waals surface area contributed by atoms with Gasteiger partial charge in [0.1, 0.15) is 0 Å². The molecule has 0 aliphatic carbocycles. The van der Waals surface area contributed by atoms with E-state index in [1.807, 2.05) is 0 Å². The average Bonchev–Trinajstić information content (AvgIpc) is 2.82. The van der Waals surface area contributed by atoms with Gasteiger partial charge in [0.25, 0.3) is 0 Å². The smallest absolute Gasteiger partial charge is 0.437 e. The molecule has 1 N–H and O–H groups in total. The van der Waals surface area contributed by atoms with Gasteiger partial charge in [-0.25, -0.2) is 0 Å². The van der Waals surface area contributed by atoms with Gasteiger partial charge in [-0.2, -0.15) is 21.6 Å². The molecule has 2 rings (SSSR count). The quantitative estimate of drug-likeness (QED) is 0.515. The van der Waals surface area contributed by atoms with E-state index >= 15 is 0 Å². The molecule has 1 unspecified atom stereocenters. The van der Waals surface area contributed by atoms with Crippen LogP contribution in [-0.2, 0) is 14.3 Å². The van der Waals surface area contributed by atoms with Crippen LogP contribution in [0, 0.1) is 0 Å². The summed E-state index contributed by atoms with van der Waals surface area (Å²) in [4.78, 5) is 1.51. The summed E-state index contributed by atoms with van der Waals surface area (Å²) in [6, 6.07) is 8.43. The van der Waals surface area contributed by atoms with Crippen LogP contribution in [0.4, 0.5) is 13.2 Å². The van der Waals surface area contributed by atoms with Crippen molar-refractivity contribution in [2.75, 3.05) is 6.54 Å². The summed E-state index contributed by atoms with van der Waals surface area (Å²) in [6.45, 7) is 1.36. The maximum Gasteiger partial charge on any atom is 0.523 e. The number of hydrogen-bond donors (Lipinski definition) is 1. The molecule has 1 heterocycles. The molecule has 1 aromatic carbocycles. The minimum Gasteiger partial charge on any atom is -0.437 e. The maximum atomic E-state index is 12.4. The van der Waals surface area contributed by atoms with E-state index in [9.17, 15) is 26.6 Å². The van der Waals surface area contributed by atoms with Gasteiger partial charge in [-0.05, 0) is 18.8 Å². The van der Waals surface area contributed by atoms with Crippen molar-refractivity contribution >= 4 is 17.2 Å². The molecule has 10 heteroatoms. The van der Waals surface area contributed by atoms with Crippen molar-refractivity contribution in [3.8, 4) is 0 Å². The molecule has 0 bridgehead atoms. The minimum atomic E-state index is -5.64. The molecule has 1 fully saturated rings. The standard InChI is InChI=1S/C12H15BF3NO4S/c1-13(18)17-8-10(21-22(19,20)12(14,15)16)7-11(17)9-5-3-2-4-6-9/h2-6,10-11,18H,7-8H2,1H3/t10?,11-/m0/s1. The zero-order valence-corrected chi connectivity index (χ0v) is 12.5. The van der Waals surface area contributed by atoms with Gasteiger partial charge < -0.3 is 9.83 Å². The van der Waals surface area contributed by atoms with Gasteiger partial charge in [0.05, 0.1) is 6.10 Å². The number of nitrogens with zero attached hydrogens (tertiary/aromatic N) is 1. The summed E-state index contributed by atoms with van der Waals surface area (Å²) in [7, 11) is -6.58. The van der Waals surface area contributed by atoms with E-state index in [0.717, 1.165) is 5.56 Å². The molecular formula is C12H15BF3NO4S. The van der Waals surface area contributed by atoms with Crippen molar-refractivity contribution in [3.05, 3.63) is 35.9 Å². The number of halogens is 3.